The van der Waals surface area contributed by atoms with Crippen LogP contribution in [0.25, 0.3) is 0 Å². The number of nitrogens with one attached hydrogen (secondary N) is 2. The van der Waals surface area contributed by atoms with Gasteiger partial charge in [0.25, 0.3) is 5.91 Å². The minimum Gasteiger partial charge on any atom is -0.493 e. The van der Waals surface area contributed by atoms with Crippen molar-refractivity contribution in [3.8, 4) is 11.5 Å². The number of methoxy groups -OCH3 is 1. The Morgan fingerprint density at radius 3 is 2.50 bits per heavy atom. The lowest BCUT2D eigenvalue weighted by Gasteiger charge is -2.11. The Balaban J connectivity index is 1.55. The fraction of sp³-hybridized carbons (Fsp3) is 0.182. The highest BCUT2D eigenvalue weighted by Gasteiger charge is 2.08. The van der Waals surface area contributed by atoms with Gasteiger partial charge in [0.15, 0.2) is 18.1 Å². The second-order valence-corrected chi connectivity index (χ2v) is 6.36. The lowest BCUT2D eigenvalue weighted by atomic mass is 10.1. The van der Waals surface area contributed by atoms with Crippen LogP contribution in [0.15, 0.2) is 60.8 Å². The third kappa shape index (κ3) is 5.01. The molecule has 3 rings (SSSR count). The average molecular weight is 377 g/mol. The SMILES string of the molecule is COc1ccccc1OCC(=O)Nc1ccc(Nc2ccc(C)cc2C)nc1. The molecule has 0 fully saturated rings. The molecule has 6 heteroatoms. The van der Waals surface area contributed by atoms with Crippen LogP contribution in [0.2, 0.25) is 0 Å². The molecule has 1 amide bonds. The maximum atomic E-state index is 12.1. The van der Waals surface area contributed by atoms with E-state index in [9.17, 15) is 4.79 Å². The number of para-hydroxylation sites is 2. The third-order valence-electron chi connectivity index (χ3n) is 4.12. The number of anilines is 3. The third-order valence-corrected chi connectivity index (χ3v) is 4.12. The first kappa shape index (κ1) is 19.2. The van der Waals surface area contributed by atoms with Crippen molar-refractivity contribution in [3.63, 3.8) is 0 Å². The molecule has 0 radical (unpaired) electrons. The summed E-state index contributed by atoms with van der Waals surface area (Å²) in [4.78, 5) is 16.5. The quantitative estimate of drug-likeness (QED) is 0.636. The Labute approximate surface area is 164 Å². The summed E-state index contributed by atoms with van der Waals surface area (Å²) in [5, 5.41) is 6.04. The lowest BCUT2D eigenvalue weighted by molar-refractivity contribution is -0.118. The summed E-state index contributed by atoms with van der Waals surface area (Å²) < 4.78 is 10.7. The molecule has 1 aromatic heterocycles. The van der Waals surface area contributed by atoms with Gasteiger partial charge in [-0.25, -0.2) is 4.98 Å². The Hall–Kier alpha value is -3.54. The Bertz CT molecular complexity index is 955. The summed E-state index contributed by atoms with van der Waals surface area (Å²) >= 11 is 0. The standard InChI is InChI=1S/C22H23N3O3/c1-15-8-10-18(16(2)12-15)25-21-11-9-17(13-23-21)24-22(26)14-28-20-7-5-4-6-19(20)27-3/h4-13H,14H2,1-3H3,(H,23,25)(H,24,26). The Morgan fingerprint density at radius 2 is 1.82 bits per heavy atom. The summed E-state index contributed by atoms with van der Waals surface area (Å²) in [6.07, 6.45) is 1.60. The van der Waals surface area contributed by atoms with E-state index in [1.54, 1.807) is 31.5 Å². The fourth-order valence-corrected chi connectivity index (χ4v) is 2.71. The van der Waals surface area contributed by atoms with Gasteiger partial charge in [-0.3, -0.25) is 4.79 Å². The molecule has 0 aliphatic heterocycles. The molecule has 0 saturated heterocycles. The number of hydrogen-bond acceptors (Lipinski definition) is 5. The van der Waals surface area contributed by atoms with E-state index in [0.29, 0.717) is 23.0 Å². The lowest BCUT2D eigenvalue weighted by Crippen LogP contribution is -2.20. The highest BCUT2D eigenvalue weighted by molar-refractivity contribution is 5.91. The topological polar surface area (TPSA) is 72.5 Å². The van der Waals surface area contributed by atoms with Crippen molar-refractivity contribution in [3.05, 3.63) is 71.9 Å². The minimum atomic E-state index is -0.275. The molecule has 0 aliphatic rings. The second kappa shape index (κ2) is 8.90. The molecule has 28 heavy (non-hydrogen) atoms. The molecule has 0 saturated carbocycles. The van der Waals surface area contributed by atoms with Gasteiger partial charge in [-0.2, -0.15) is 0 Å². The van der Waals surface area contributed by atoms with E-state index in [1.165, 1.54) is 5.56 Å². The van der Waals surface area contributed by atoms with Gasteiger partial charge in [0.1, 0.15) is 5.82 Å². The summed E-state index contributed by atoms with van der Waals surface area (Å²) in [5.41, 5.74) is 3.96. The van der Waals surface area contributed by atoms with E-state index in [-0.39, 0.29) is 12.5 Å². The van der Waals surface area contributed by atoms with Gasteiger partial charge in [0.2, 0.25) is 0 Å². The van der Waals surface area contributed by atoms with E-state index >= 15 is 0 Å². The highest BCUT2D eigenvalue weighted by atomic mass is 16.5. The van der Waals surface area contributed by atoms with Crippen LogP contribution < -0.4 is 20.1 Å². The molecule has 2 N–H and O–H groups in total. The summed E-state index contributed by atoms with van der Waals surface area (Å²) in [6, 6.07) is 17.0. The number of aromatic nitrogens is 1. The van der Waals surface area contributed by atoms with Crippen molar-refractivity contribution in [1.82, 2.24) is 4.98 Å². The van der Waals surface area contributed by atoms with Crippen molar-refractivity contribution in [2.45, 2.75) is 13.8 Å². The molecule has 144 valence electrons. The van der Waals surface area contributed by atoms with Crippen LogP contribution in [-0.2, 0) is 4.79 Å². The largest absolute Gasteiger partial charge is 0.493 e. The van der Waals surface area contributed by atoms with E-state index < -0.39 is 0 Å². The first-order valence-electron chi connectivity index (χ1n) is 8.91. The zero-order chi connectivity index (χ0) is 19.9. The molecular weight excluding hydrogens is 354 g/mol. The Morgan fingerprint density at radius 1 is 1.04 bits per heavy atom. The van der Waals surface area contributed by atoms with Crippen LogP contribution >= 0.6 is 0 Å². The molecule has 3 aromatic rings. The molecular formula is C22H23N3O3. The van der Waals surface area contributed by atoms with Crippen LogP contribution in [0.1, 0.15) is 11.1 Å². The van der Waals surface area contributed by atoms with Gasteiger partial charge >= 0.3 is 0 Å². The molecule has 6 nitrogen and oxygen atoms in total. The van der Waals surface area contributed by atoms with Gasteiger partial charge in [-0.05, 0) is 49.7 Å². The van der Waals surface area contributed by atoms with Crippen molar-refractivity contribution in [2.75, 3.05) is 24.4 Å². The van der Waals surface area contributed by atoms with E-state index in [1.807, 2.05) is 37.3 Å². The Kier molecular flexibility index (Phi) is 6.11. The number of benzene rings is 2. The fourth-order valence-electron chi connectivity index (χ4n) is 2.71. The first-order valence-corrected chi connectivity index (χ1v) is 8.91. The smallest absolute Gasteiger partial charge is 0.262 e. The maximum Gasteiger partial charge on any atom is 0.262 e. The number of hydrogen-bond donors (Lipinski definition) is 2. The van der Waals surface area contributed by atoms with Crippen molar-refractivity contribution < 1.29 is 14.3 Å². The van der Waals surface area contributed by atoms with Crippen LogP contribution in [0.5, 0.6) is 11.5 Å². The second-order valence-electron chi connectivity index (χ2n) is 6.36. The van der Waals surface area contributed by atoms with Crippen molar-refractivity contribution >= 4 is 23.1 Å². The molecule has 0 unspecified atom stereocenters. The van der Waals surface area contributed by atoms with Gasteiger partial charge in [-0.1, -0.05) is 29.8 Å². The zero-order valence-electron chi connectivity index (χ0n) is 16.2. The average Bonchev–Trinajstić information content (AvgIpc) is 2.70. The molecule has 0 bridgehead atoms. The van der Waals surface area contributed by atoms with Gasteiger partial charge in [-0.15, -0.1) is 0 Å². The van der Waals surface area contributed by atoms with Crippen LogP contribution in [0.4, 0.5) is 17.2 Å². The number of nitrogens with zero attached hydrogens (tertiary/aromatic N) is 1. The van der Waals surface area contributed by atoms with Crippen molar-refractivity contribution in [1.29, 1.82) is 0 Å². The number of ether oxygens (including phenoxy) is 2. The molecule has 0 spiro atoms. The minimum absolute atomic E-state index is 0.122. The van der Waals surface area contributed by atoms with Crippen LogP contribution in [0, 0.1) is 13.8 Å². The monoisotopic (exact) mass is 377 g/mol. The number of carbonyl (C=O) groups excluding carboxylic acids is 1. The normalized spacial score (nSPS) is 10.2. The van der Waals surface area contributed by atoms with Crippen LogP contribution in [-0.4, -0.2) is 24.6 Å². The predicted octanol–water partition coefficient (Wildman–Crippen LogP) is 4.47. The van der Waals surface area contributed by atoms with Gasteiger partial charge in [0.05, 0.1) is 19.0 Å². The van der Waals surface area contributed by atoms with Crippen molar-refractivity contribution in [2.24, 2.45) is 0 Å². The number of amides is 1. The summed E-state index contributed by atoms with van der Waals surface area (Å²) in [5.74, 6) is 1.53. The van der Waals surface area contributed by atoms with E-state index in [0.717, 1.165) is 11.3 Å². The van der Waals surface area contributed by atoms with Crippen LogP contribution in [0.3, 0.4) is 0 Å². The predicted molar refractivity (Wildman–Crippen MR) is 111 cm³/mol. The van der Waals surface area contributed by atoms with Gasteiger partial charge < -0.3 is 20.1 Å². The highest BCUT2D eigenvalue weighted by Crippen LogP contribution is 2.25. The number of rotatable bonds is 7. The molecule has 1 heterocycles. The summed E-state index contributed by atoms with van der Waals surface area (Å²) in [6.45, 7) is 3.98. The number of aryl methyl sites for hydroxylation is 2. The van der Waals surface area contributed by atoms with E-state index in [4.69, 9.17) is 9.47 Å². The van der Waals surface area contributed by atoms with Gasteiger partial charge in [0, 0.05) is 5.69 Å². The molecule has 2 aromatic carbocycles. The number of carbonyl (C=O) groups is 1. The van der Waals surface area contributed by atoms with E-state index in [2.05, 4.69) is 28.6 Å². The first-order chi connectivity index (χ1) is 13.5. The number of pyridine rings is 1. The maximum absolute atomic E-state index is 12.1. The molecule has 0 atom stereocenters. The molecule has 0 aliphatic carbocycles. The summed E-state index contributed by atoms with van der Waals surface area (Å²) in [7, 11) is 1.56. The zero-order valence-corrected chi connectivity index (χ0v) is 16.2.